The fourth-order valence-corrected chi connectivity index (χ4v) is 1.20. The van der Waals surface area contributed by atoms with Crippen molar-refractivity contribution < 1.29 is 23.6 Å². The van der Waals surface area contributed by atoms with Gasteiger partial charge in [-0.3, -0.25) is 4.57 Å². The van der Waals surface area contributed by atoms with E-state index in [-0.39, 0.29) is 13.2 Å². The van der Waals surface area contributed by atoms with E-state index in [0.29, 0.717) is 12.8 Å². The highest BCUT2D eigenvalue weighted by atomic mass is 31.2. The van der Waals surface area contributed by atoms with Gasteiger partial charge in [0.05, 0.1) is 19.5 Å². The van der Waals surface area contributed by atoms with Crippen molar-refractivity contribution in [3.8, 4) is 0 Å². The van der Waals surface area contributed by atoms with E-state index < -0.39 is 7.82 Å². The van der Waals surface area contributed by atoms with Crippen molar-refractivity contribution in [3.05, 3.63) is 12.3 Å². The molecule has 1 atom stereocenters. The Kier molecular flexibility index (Phi) is 6.78. The van der Waals surface area contributed by atoms with Crippen LogP contribution in [0.15, 0.2) is 12.3 Å². The van der Waals surface area contributed by atoms with E-state index in [1.807, 2.05) is 0 Å². The van der Waals surface area contributed by atoms with Gasteiger partial charge in [0.2, 0.25) is 0 Å². The molecular weight excluding hydrogens is 209 g/mol. The van der Waals surface area contributed by atoms with Gasteiger partial charge in [-0.2, -0.15) is 0 Å². The van der Waals surface area contributed by atoms with E-state index in [2.05, 4.69) is 9.05 Å². The molecule has 0 aromatic rings. The van der Waals surface area contributed by atoms with Gasteiger partial charge in [0.25, 0.3) is 7.82 Å². The Morgan fingerprint density at radius 2 is 2.14 bits per heavy atom. The van der Waals surface area contributed by atoms with Gasteiger partial charge in [0, 0.05) is 6.54 Å². The Hall–Kier alpha value is -0.390. The standard InChI is InChI=1S/C7H16NO5P/c1-8(2)4-7-13-14(10,11)12-6-3-5-9/h3,5,9H,4,6-7H2,1-2H3,(H,10,11)/p-1/b5-3+. The van der Waals surface area contributed by atoms with E-state index in [0.717, 1.165) is 6.08 Å². The summed E-state index contributed by atoms with van der Waals surface area (Å²) in [6, 6.07) is 0. The highest BCUT2D eigenvalue weighted by Crippen LogP contribution is 2.37. The number of phosphoric acid groups is 1. The SMILES string of the molecule is CN(C)CCOP(=O)([O-])OC/C=C/O. The molecule has 0 rings (SSSR count). The number of hydrogen-bond donors (Lipinski definition) is 1. The average molecular weight is 224 g/mol. The van der Waals surface area contributed by atoms with E-state index in [1.165, 1.54) is 0 Å². The van der Waals surface area contributed by atoms with Gasteiger partial charge in [-0.05, 0) is 20.2 Å². The summed E-state index contributed by atoms with van der Waals surface area (Å²) >= 11 is 0. The van der Waals surface area contributed by atoms with Crippen LogP contribution in [-0.2, 0) is 13.6 Å². The van der Waals surface area contributed by atoms with E-state index >= 15 is 0 Å². The molecule has 0 amide bonds. The van der Waals surface area contributed by atoms with Crippen molar-refractivity contribution in [1.29, 1.82) is 0 Å². The zero-order chi connectivity index (χ0) is 11.0. The Morgan fingerprint density at radius 3 is 2.64 bits per heavy atom. The molecule has 1 N–H and O–H groups in total. The third-order valence-electron chi connectivity index (χ3n) is 1.22. The maximum atomic E-state index is 10.9. The summed E-state index contributed by atoms with van der Waals surface area (Å²) in [5, 5.41) is 8.21. The molecule has 0 saturated heterocycles. The third kappa shape index (κ3) is 8.22. The van der Waals surface area contributed by atoms with Crippen LogP contribution in [0.3, 0.4) is 0 Å². The van der Waals surface area contributed by atoms with E-state index in [9.17, 15) is 9.46 Å². The molecule has 0 aromatic heterocycles. The van der Waals surface area contributed by atoms with E-state index in [1.54, 1.807) is 19.0 Å². The van der Waals surface area contributed by atoms with Crippen LogP contribution in [0.25, 0.3) is 0 Å². The fourth-order valence-electron chi connectivity index (χ4n) is 0.550. The van der Waals surface area contributed by atoms with Gasteiger partial charge in [-0.25, -0.2) is 0 Å². The molecule has 14 heavy (non-hydrogen) atoms. The first kappa shape index (κ1) is 13.6. The first-order valence-corrected chi connectivity index (χ1v) is 5.48. The number of aliphatic hydroxyl groups is 1. The highest BCUT2D eigenvalue weighted by Gasteiger charge is 2.07. The first-order chi connectivity index (χ1) is 6.48. The van der Waals surface area contributed by atoms with Gasteiger partial charge < -0.3 is 23.9 Å². The molecule has 0 aliphatic carbocycles. The van der Waals surface area contributed by atoms with Gasteiger partial charge in [0.15, 0.2) is 0 Å². The second-order valence-corrected chi connectivity index (χ2v) is 4.18. The van der Waals surface area contributed by atoms with Crippen LogP contribution in [-0.4, -0.2) is 43.9 Å². The molecule has 0 aliphatic rings. The molecule has 0 spiro atoms. The van der Waals surface area contributed by atoms with Crippen molar-refractivity contribution in [3.63, 3.8) is 0 Å². The van der Waals surface area contributed by atoms with Crippen LogP contribution >= 0.6 is 7.82 Å². The summed E-state index contributed by atoms with van der Waals surface area (Å²) in [5.74, 6) is 0. The first-order valence-electron chi connectivity index (χ1n) is 4.02. The quantitative estimate of drug-likeness (QED) is 0.488. The van der Waals surface area contributed by atoms with Gasteiger partial charge >= 0.3 is 0 Å². The van der Waals surface area contributed by atoms with Crippen LogP contribution in [0.4, 0.5) is 0 Å². The van der Waals surface area contributed by atoms with Crippen molar-refractivity contribution in [2.45, 2.75) is 0 Å². The summed E-state index contributed by atoms with van der Waals surface area (Å²) in [7, 11) is -0.617. The minimum Gasteiger partial charge on any atom is -0.756 e. The molecule has 0 fully saturated rings. The smallest absolute Gasteiger partial charge is 0.268 e. The van der Waals surface area contributed by atoms with Crippen LogP contribution in [0, 0.1) is 0 Å². The lowest BCUT2D eigenvalue weighted by Gasteiger charge is -2.22. The van der Waals surface area contributed by atoms with Gasteiger partial charge in [-0.15, -0.1) is 0 Å². The molecule has 0 aliphatic heterocycles. The number of hydrogen-bond acceptors (Lipinski definition) is 6. The number of nitrogens with zero attached hydrogens (tertiary/aromatic N) is 1. The highest BCUT2D eigenvalue weighted by molar-refractivity contribution is 7.45. The van der Waals surface area contributed by atoms with Crippen LogP contribution in [0.2, 0.25) is 0 Å². The number of phosphoric ester groups is 1. The summed E-state index contributed by atoms with van der Waals surface area (Å²) in [6.07, 6.45) is 1.86. The summed E-state index contributed by atoms with van der Waals surface area (Å²) < 4.78 is 19.8. The molecule has 0 bridgehead atoms. The lowest BCUT2D eigenvalue weighted by atomic mass is 10.6. The maximum absolute atomic E-state index is 10.9. The second kappa shape index (κ2) is 6.98. The Morgan fingerprint density at radius 1 is 1.50 bits per heavy atom. The zero-order valence-corrected chi connectivity index (χ0v) is 9.15. The summed E-state index contributed by atoms with van der Waals surface area (Å²) in [5.41, 5.74) is 0. The molecule has 6 nitrogen and oxygen atoms in total. The third-order valence-corrected chi connectivity index (χ3v) is 2.19. The predicted octanol–water partition coefficient (Wildman–Crippen LogP) is 0.121. The predicted molar refractivity (Wildman–Crippen MR) is 49.8 cm³/mol. The van der Waals surface area contributed by atoms with Crippen molar-refractivity contribution in [2.75, 3.05) is 33.9 Å². The minimum atomic E-state index is -4.22. The Labute approximate surface area is 83.4 Å². The minimum absolute atomic E-state index is 0.0522. The van der Waals surface area contributed by atoms with Crippen LogP contribution in [0.5, 0.6) is 0 Å². The van der Waals surface area contributed by atoms with E-state index in [4.69, 9.17) is 5.11 Å². The Bertz CT molecular complexity index is 218. The lowest BCUT2D eigenvalue weighted by molar-refractivity contribution is -0.224. The second-order valence-electron chi connectivity index (χ2n) is 2.76. The zero-order valence-electron chi connectivity index (χ0n) is 8.25. The van der Waals surface area contributed by atoms with Crippen LogP contribution < -0.4 is 4.89 Å². The van der Waals surface area contributed by atoms with Gasteiger partial charge in [-0.1, -0.05) is 0 Å². The molecule has 1 unspecified atom stereocenters. The molecule has 84 valence electrons. The Balaban J connectivity index is 3.66. The average Bonchev–Trinajstić information content (AvgIpc) is 2.03. The topological polar surface area (TPSA) is 82.1 Å². The molecule has 7 heteroatoms. The lowest BCUT2D eigenvalue weighted by Crippen LogP contribution is -2.19. The molecule has 0 aromatic carbocycles. The number of likely N-dealkylation sites (N-methyl/N-ethyl adjacent to an activating group) is 1. The number of aliphatic hydroxyl groups excluding tert-OH is 1. The molecule has 0 radical (unpaired) electrons. The molecule has 0 saturated carbocycles. The number of rotatable bonds is 7. The van der Waals surface area contributed by atoms with Crippen LogP contribution in [0.1, 0.15) is 0 Å². The normalized spacial score (nSPS) is 16.3. The monoisotopic (exact) mass is 224 g/mol. The van der Waals surface area contributed by atoms with Crippen molar-refractivity contribution >= 4 is 7.82 Å². The van der Waals surface area contributed by atoms with Gasteiger partial charge in [0.1, 0.15) is 0 Å². The fraction of sp³-hybridized carbons (Fsp3) is 0.714. The van der Waals surface area contributed by atoms with Crippen molar-refractivity contribution in [2.24, 2.45) is 0 Å². The molecule has 0 heterocycles. The molecular formula is C7H15NO5P-. The summed E-state index contributed by atoms with van der Waals surface area (Å²) in [6.45, 7) is 0.321. The maximum Gasteiger partial charge on any atom is 0.268 e. The van der Waals surface area contributed by atoms with Crippen molar-refractivity contribution in [1.82, 2.24) is 4.90 Å². The summed E-state index contributed by atoms with van der Waals surface area (Å²) in [4.78, 5) is 12.7. The largest absolute Gasteiger partial charge is 0.756 e.